The van der Waals surface area contributed by atoms with Crippen LogP contribution in [0.4, 0.5) is 0 Å². The molecule has 8 nitrogen and oxygen atoms in total. The fraction of sp³-hybridized carbons (Fsp3) is 0.231. The van der Waals surface area contributed by atoms with E-state index in [-0.39, 0.29) is 25.5 Å². The average Bonchev–Trinajstić information content (AvgIpc) is 2.85. The number of esters is 2. The van der Waals surface area contributed by atoms with E-state index in [1.165, 1.54) is 24.3 Å². The Bertz CT molecular complexity index is 1210. The van der Waals surface area contributed by atoms with E-state index in [9.17, 15) is 18.0 Å². The van der Waals surface area contributed by atoms with Crippen molar-refractivity contribution in [2.45, 2.75) is 19.1 Å². The monoisotopic (exact) mass is 497 g/mol. The van der Waals surface area contributed by atoms with Crippen molar-refractivity contribution in [1.29, 1.82) is 0 Å². The summed E-state index contributed by atoms with van der Waals surface area (Å²) < 4.78 is 38.7. The number of nitrogens with two attached hydrogens (primary N) is 1. The molecule has 0 amide bonds. The van der Waals surface area contributed by atoms with Gasteiger partial charge in [0.25, 0.3) is 0 Å². The molecule has 0 heterocycles. The molecular formula is C26H27NO7S. The van der Waals surface area contributed by atoms with Crippen molar-refractivity contribution in [2.24, 2.45) is 11.7 Å². The van der Waals surface area contributed by atoms with Crippen LogP contribution in [0.2, 0.25) is 0 Å². The van der Waals surface area contributed by atoms with Gasteiger partial charge in [-0.3, -0.25) is 9.59 Å². The quantitative estimate of drug-likeness (QED) is 0.317. The van der Waals surface area contributed by atoms with Gasteiger partial charge in [0, 0.05) is 6.54 Å². The molecule has 3 aromatic rings. The summed E-state index contributed by atoms with van der Waals surface area (Å²) in [6, 6.07) is 24.1. The number of hydrogen-bond donors (Lipinski definition) is 1. The summed E-state index contributed by atoms with van der Waals surface area (Å²) in [6.45, 7) is -0.120. The summed E-state index contributed by atoms with van der Waals surface area (Å²) >= 11 is 0. The lowest BCUT2D eigenvalue weighted by molar-refractivity contribution is -0.158. The number of hydrogen-bond acceptors (Lipinski definition) is 8. The van der Waals surface area contributed by atoms with Gasteiger partial charge in [-0.25, -0.2) is 0 Å². The molecule has 3 rings (SSSR count). The largest absolute Gasteiger partial charge is 0.461 e. The van der Waals surface area contributed by atoms with Crippen molar-refractivity contribution in [3.63, 3.8) is 0 Å². The van der Waals surface area contributed by atoms with Gasteiger partial charge in [0.1, 0.15) is 19.0 Å². The molecule has 0 radical (unpaired) electrons. The van der Waals surface area contributed by atoms with Crippen molar-refractivity contribution in [2.75, 3.05) is 12.8 Å². The van der Waals surface area contributed by atoms with Crippen LogP contribution in [0.1, 0.15) is 22.6 Å². The molecule has 0 aliphatic rings. The zero-order valence-electron chi connectivity index (χ0n) is 19.2. The molecule has 35 heavy (non-hydrogen) atoms. The molecule has 2 unspecified atom stereocenters. The molecule has 2 atom stereocenters. The molecular weight excluding hydrogens is 470 g/mol. The van der Waals surface area contributed by atoms with Crippen molar-refractivity contribution >= 4 is 22.1 Å². The van der Waals surface area contributed by atoms with E-state index >= 15 is 0 Å². The second kappa shape index (κ2) is 12.1. The van der Waals surface area contributed by atoms with E-state index in [4.69, 9.17) is 19.4 Å². The molecule has 184 valence electrons. The lowest BCUT2D eigenvalue weighted by Crippen LogP contribution is -2.36. The Hall–Kier alpha value is -3.69. The number of carbonyl (C=O) groups is 2. The van der Waals surface area contributed by atoms with Crippen LogP contribution in [0.5, 0.6) is 5.75 Å². The summed E-state index contributed by atoms with van der Waals surface area (Å²) in [6.07, 6.45) is 0.928. The predicted octanol–water partition coefficient (Wildman–Crippen LogP) is 3.17. The van der Waals surface area contributed by atoms with Crippen LogP contribution < -0.4 is 9.92 Å². The van der Waals surface area contributed by atoms with E-state index in [1.54, 1.807) is 0 Å². The van der Waals surface area contributed by atoms with Crippen molar-refractivity contribution in [3.05, 3.63) is 102 Å². The standard InChI is InChI=1S/C26H27NO7S/c1-35(30,31)34-22-14-12-21(13-15-22)24(26(29)33-18-20-10-6-3-7-11-20)23(16-27)25(28)32-17-19-8-4-2-5-9-19/h2-15,23-24H,16-18,27H2,1H3. The second-order valence-corrected chi connectivity index (χ2v) is 9.44. The van der Waals surface area contributed by atoms with Crippen LogP contribution in [0.15, 0.2) is 84.9 Å². The van der Waals surface area contributed by atoms with Crippen molar-refractivity contribution in [3.8, 4) is 5.75 Å². The first kappa shape index (κ1) is 25.9. The van der Waals surface area contributed by atoms with Gasteiger partial charge in [0.2, 0.25) is 0 Å². The third-order valence-electron chi connectivity index (χ3n) is 5.15. The molecule has 0 aliphatic carbocycles. The maximum atomic E-state index is 13.2. The van der Waals surface area contributed by atoms with E-state index in [0.717, 1.165) is 17.4 Å². The first-order chi connectivity index (χ1) is 16.8. The fourth-order valence-corrected chi connectivity index (χ4v) is 3.92. The lowest BCUT2D eigenvalue weighted by atomic mass is 9.85. The van der Waals surface area contributed by atoms with E-state index < -0.39 is 33.9 Å². The zero-order chi connectivity index (χ0) is 25.3. The minimum atomic E-state index is -3.72. The van der Waals surface area contributed by atoms with E-state index in [1.807, 2.05) is 60.7 Å². The van der Waals surface area contributed by atoms with E-state index in [2.05, 4.69) is 0 Å². The van der Waals surface area contributed by atoms with Gasteiger partial charge < -0.3 is 19.4 Å². The Balaban J connectivity index is 1.83. The van der Waals surface area contributed by atoms with Gasteiger partial charge in [-0.2, -0.15) is 8.42 Å². The van der Waals surface area contributed by atoms with Crippen LogP contribution in [-0.2, 0) is 42.4 Å². The minimum Gasteiger partial charge on any atom is -0.461 e. The summed E-state index contributed by atoms with van der Waals surface area (Å²) in [4.78, 5) is 26.2. The highest BCUT2D eigenvalue weighted by molar-refractivity contribution is 7.86. The third-order valence-corrected chi connectivity index (χ3v) is 5.64. The van der Waals surface area contributed by atoms with Crippen LogP contribution in [0.3, 0.4) is 0 Å². The normalized spacial score (nSPS) is 12.9. The molecule has 3 aromatic carbocycles. The third kappa shape index (κ3) is 7.94. The predicted molar refractivity (Wildman–Crippen MR) is 130 cm³/mol. The van der Waals surface area contributed by atoms with Gasteiger partial charge >= 0.3 is 22.1 Å². The Morgan fingerprint density at radius 3 is 1.71 bits per heavy atom. The maximum Gasteiger partial charge on any atom is 0.314 e. The molecule has 0 bridgehead atoms. The van der Waals surface area contributed by atoms with Crippen LogP contribution in [0, 0.1) is 5.92 Å². The van der Waals surface area contributed by atoms with Gasteiger partial charge in [-0.05, 0) is 28.8 Å². The summed E-state index contributed by atoms with van der Waals surface area (Å²) in [7, 11) is -3.72. The molecule has 0 aliphatic heterocycles. The molecule has 0 saturated heterocycles. The van der Waals surface area contributed by atoms with Crippen LogP contribution in [0.25, 0.3) is 0 Å². The number of carbonyl (C=O) groups excluding carboxylic acids is 2. The first-order valence-corrected chi connectivity index (χ1v) is 12.7. The fourth-order valence-electron chi connectivity index (χ4n) is 3.46. The van der Waals surface area contributed by atoms with Gasteiger partial charge in [0.05, 0.1) is 18.1 Å². The summed E-state index contributed by atoms with van der Waals surface area (Å²) in [5.74, 6) is -3.32. The molecule has 0 spiro atoms. The molecule has 9 heteroatoms. The molecule has 0 aromatic heterocycles. The van der Waals surface area contributed by atoms with Crippen molar-refractivity contribution in [1.82, 2.24) is 0 Å². The lowest BCUT2D eigenvalue weighted by Gasteiger charge is -2.24. The van der Waals surface area contributed by atoms with Crippen LogP contribution >= 0.6 is 0 Å². The van der Waals surface area contributed by atoms with Gasteiger partial charge in [-0.15, -0.1) is 0 Å². The number of benzene rings is 3. The molecule has 2 N–H and O–H groups in total. The summed E-state index contributed by atoms with van der Waals surface area (Å²) in [5, 5.41) is 0. The van der Waals surface area contributed by atoms with Crippen LogP contribution in [-0.4, -0.2) is 33.2 Å². The Kier molecular flexibility index (Phi) is 8.99. The average molecular weight is 498 g/mol. The first-order valence-electron chi connectivity index (χ1n) is 10.9. The Labute approximate surface area is 204 Å². The smallest absolute Gasteiger partial charge is 0.314 e. The zero-order valence-corrected chi connectivity index (χ0v) is 20.0. The summed E-state index contributed by atoms with van der Waals surface area (Å²) in [5.41, 5.74) is 7.92. The number of rotatable bonds is 11. The highest BCUT2D eigenvalue weighted by Gasteiger charge is 2.36. The van der Waals surface area contributed by atoms with Gasteiger partial charge in [-0.1, -0.05) is 72.8 Å². The number of ether oxygens (including phenoxy) is 2. The SMILES string of the molecule is CS(=O)(=O)Oc1ccc(C(C(=O)OCc2ccccc2)C(CN)C(=O)OCc2ccccc2)cc1. The molecule has 0 saturated carbocycles. The minimum absolute atomic E-state index is 0.0157. The maximum absolute atomic E-state index is 13.2. The second-order valence-electron chi connectivity index (χ2n) is 7.86. The highest BCUT2D eigenvalue weighted by atomic mass is 32.2. The highest BCUT2D eigenvalue weighted by Crippen LogP contribution is 2.30. The topological polar surface area (TPSA) is 122 Å². The van der Waals surface area contributed by atoms with Gasteiger partial charge in [0.15, 0.2) is 0 Å². The Morgan fingerprint density at radius 1 is 0.771 bits per heavy atom. The van der Waals surface area contributed by atoms with Crippen molar-refractivity contribution < 1.29 is 31.7 Å². The van der Waals surface area contributed by atoms with E-state index in [0.29, 0.717) is 5.56 Å². The molecule has 0 fully saturated rings. The Morgan fingerprint density at radius 2 is 1.26 bits per heavy atom.